The number of thiophene rings is 1. The number of rotatable bonds is 3. The molecule has 3 atom stereocenters. The highest BCUT2D eigenvalue weighted by Gasteiger charge is 2.34. The number of hydrogen-bond donors (Lipinski definition) is 2. The molecular formula is C24H25N5O3S2. The number of carbonyl (C=O) groups is 1. The molecule has 3 unspecified atom stereocenters. The lowest BCUT2D eigenvalue weighted by Gasteiger charge is -2.37. The Labute approximate surface area is 204 Å². The van der Waals surface area contributed by atoms with E-state index >= 15 is 0 Å². The van der Waals surface area contributed by atoms with E-state index in [1.807, 2.05) is 36.9 Å². The van der Waals surface area contributed by atoms with Gasteiger partial charge in [-0.2, -0.15) is 0 Å². The van der Waals surface area contributed by atoms with Crippen molar-refractivity contribution in [1.82, 2.24) is 19.9 Å². The topological polar surface area (TPSA) is 100 Å². The number of hydrogen-bond acceptors (Lipinski definition) is 8. The molecule has 10 heteroatoms. The first-order chi connectivity index (χ1) is 16.4. The van der Waals surface area contributed by atoms with Gasteiger partial charge in [-0.05, 0) is 56.9 Å². The summed E-state index contributed by atoms with van der Waals surface area (Å²) >= 11 is 2.86. The molecule has 0 saturated carbocycles. The van der Waals surface area contributed by atoms with E-state index in [-0.39, 0.29) is 28.9 Å². The van der Waals surface area contributed by atoms with Crippen LogP contribution in [0.5, 0.6) is 0 Å². The fourth-order valence-corrected chi connectivity index (χ4v) is 7.23. The number of carbonyl (C=O) groups excluding carboxylic acids is 1. The summed E-state index contributed by atoms with van der Waals surface area (Å²) in [5, 5.41) is 4.48. The molecule has 4 aromatic rings. The van der Waals surface area contributed by atoms with Crippen LogP contribution in [0.1, 0.15) is 30.7 Å². The lowest BCUT2D eigenvalue weighted by atomic mass is 9.86. The first-order valence-corrected chi connectivity index (χ1v) is 13.2. The minimum Gasteiger partial charge on any atom is -0.372 e. The average Bonchev–Trinajstić information content (AvgIpc) is 3.36. The van der Waals surface area contributed by atoms with Gasteiger partial charge in [-0.1, -0.05) is 11.3 Å². The molecule has 1 fully saturated rings. The molecule has 2 N–H and O–H groups in total. The van der Waals surface area contributed by atoms with Crippen LogP contribution in [0.15, 0.2) is 29.3 Å². The number of anilines is 2. The van der Waals surface area contributed by atoms with Gasteiger partial charge in [-0.25, -0.2) is 9.97 Å². The number of benzene rings is 1. The molecule has 1 saturated heterocycles. The molecule has 1 amide bonds. The van der Waals surface area contributed by atoms with E-state index < -0.39 is 0 Å². The summed E-state index contributed by atoms with van der Waals surface area (Å²) in [4.78, 5) is 41.0. The van der Waals surface area contributed by atoms with Gasteiger partial charge in [0.05, 0.1) is 27.8 Å². The average molecular weight is 496 g/mol. The van der Waals surface area contributed by atoms with E-state index in [1.165, 1.54) is 21.8 Å². The highest BCUT2D eigenvalue weighted by molar-refractivity contribution is 7.19. The fourth-order valence-electron chi connectivity index (χ4n) is 5.19. The molecule has 176 valence electrons. The van der Waals surface area contributed by atoms with Crippen molar-refractivity contribution in [2.24, 2.45) is 5.92 Å². The summed E-state index contributed by atoms with van der Waals surface area (Å²) in [5.74, 6) is 1.01. The molecule has 0 bridgehead atoms. The lowest BCUT2D eigenvalue weighted by Crippen LogP contribution is -2.50. The van der Waals surface area contributed by atoms with Crippen molar-refractivity contribution >= 4 is 60.5 Å². The third-order valence-corrected chi connectivity index (χ3v) is 8.62. The molecule has 1 aliphatic carbocycles. The van der Waals surface area contributed by atoms with Crippen molar-refractivity contribution in [2.45, 2.75) is 45.3 Å². The molecule has 4 heterocycles. The van der Waals surface area contributed by atoms with Gasteiger partial charge in [0.2, 0.25) is 5.91 Å². The van der Waals surface area contributed by atoms with E-state index in [2.05, 4.69) is 20.3 Å². The number of aromatic amines is 1. The summed E-state index contributed by atoms with van der Waals surface area (Å²) in [7, 11) is 0. The van der Waals surface area contributed by atoms with Crippen LogP contribution in [-0.2, 0) is 22.4 Å². The lowest BCUT2D eigenvalue weighted by molar-refractivity contribution is -0.147. The van der Waals surface area contributed by atoms with Crippen molar-refractivity contribution < 1.29 is 9.53 Å². The molecule has 2 aliphatic rings. The van der Waals surface area contributed by atoms with E-state index in [4.69, 9.17) is 4.74 Å². The van der Waals surface area contributed by atoms with Crippen LogP contribution >= 0.6 is 22.7 Å². The van der Waals surface area contributed by atoms with Gasteiger partial charge < -0.3 is 19.9 Å². The Morgan fingerprint density at radius 3 is 2.85 bits per heavy atom. The van der Waals surface area contributed by atoms with Gasteiger partial charge in [0.15, 0.2) is 0 Å². The zero-order chi connectivity index (χ0) is 23.4. The first-order valence-electron chi connectivity index (χ1n) is 11.5. The van der Waals surface area contributed by atoms with Crippen LogP contribution < -0.4 is 10.2 Å². The van der Waals surface area contributed by atoms with Crippen LogP contribution in [0.2, 0.25) is 0 Å². The molecule has 6 rings (SSSR count). The van der Waals surface area contributed by atoms with Gasteiger partial charge >= 0.3 is 4.87 Å². The minimum absolute atomic E-state index is 0.00111. The maximum Gasteiger partial charge on any atom is 0.305 e. The molecule has 1 aromatic carbocycles. The standard InChI is InChI=1S/C24H25N5O3S2/c1-12-9-29(10-13(2)32-12)23(30)14-3-5-16-18(7-14)33-22-20(16)21(25-11-26-22)27-15-4-6-17-19(8-15)34-24(31)28-17/h4,6,8,11-14H,3,5,7,9-10H2,1-2H3,(H,28,31)(H,25,26,27). The molecular weight excluding hydrogens is 470 g/mol. The molecule has 1 aliphatic heterocycles. The van der Waals surface area contributed by atoms with Crippen LogP contribution in [0.4, 0.5) is 11.5 Å². The summed E-state index contributed by atoms with van der Waals surface area (Å²) in [6, 6.07) is 5.81. The van der Waals surface area contributed by atoms with E-state index in [0.717, 1.165) is 51.2 Å². The predicted molar refractivity (Wildman–Crippen MR) is 135 cm³/mol. The highest BCUT2D eigenvalue weighted by atomic mass is 32.1. The minimum atomic E-state index is -0.0615. The molecule has 0 spiro atoms. The second kappa shape index (κ2) is 8.44. The zero-order valence-corrected chi connectivity index (χ0v) is 20.6. The number of H-pyrrole nitrogens is 1. The van der Waals surface area contributed by atoms with Crippen LogP contribution in [0, 0.1) is 5.92 Å². The number of aryl methyl sites for hydroxylation is 1. The second-order valence-corrected chi connectivity index (χ2v) is 11.3. The molecule has 0 radical (unpaired) electrons. The normalized spacial score (nSPS) is 22.8. The van der Waals surface area contributed by atoms with Crippen molar-refractivity contribution in [2.75, 3.05) is 18.4 Å². The second-order valence-electron chi connectivity index (χ2n) is 9.20. The molecule has 8 nitrogen and oxygen atoms in total. The maximum absolute atomic E-state index is 13.3. The Bertz CT molecular complexity index is 1450. The number of aromatic nitrogens is 3. The van der Waals surface area contributed by atoms with Crippen LogP contribution in [-0.4, -0.2) is 51.1 Å². The first kappa shape index (κ1) is 21.7. The summed E-state index contributed by atoms with van der Waals surface area (Å²) in [5.41, 5.74) is 2.96. The highest BCUT2D eigenvalue weighted by Crippen LogP contribution is 2.41. The molecule has 34 heavy (non-hydrogen) atoms. The van der Waals surface area contributed by atoms with Gasteiger partial charge in [-0.3, -0.25) is 9.59 Å². The number of nitrogens with zero attached hydrogens (tertiary/aromatic N) is 3. The van der Waals surface area contributed by atoms with Crippen LogP contribution in [0.3, 0.4) is 0 Å². The Morgan fingerprint density at radius 1 is 1.21 bits per heavy atom. The third-order valence-electron chi connectivity index (χ3n) is 6.61. The number of ether oxygens (including phenoxy) is 1. The fraction of sp³-hybridized carbons (Fsp3) is 0.417. The van der Waals surface area contributed by atoms with Crippen molar-refractivity contribution in [3.8, 4) is 0 Å². The zero-order valence-electron chi connectivity index (χ0n) is 19.0. The van der Waals surface area contributed by atoms with Crippen molar-refractivity contribution in [1.29, 1.82) is 0 Å². The van der Waals surface area contributed by atoms with Crippen molar-refractivity contribution in [3.05, 3.63) is 44.6 Å². The Kier molecular flexibility index (Phi) is 5.39. The van der Waals surface area contributed by atoms with Crippen molar-refractivity contribution in [3.63, 3.8) is 0 Å². The summed E-state index contributed by atoms with van der Waals surface area (Å²) in [6.07, 6.45) is 4.15. The molecule has 3 aromatic heterocycles. The van der Waals surface area contributed by atoms with Gasteiger partial charge in [-0.15, -0.1) is 11.3 Å². The third kappa shape index (κ3) is 3.89. The Morgan fingerprint density at radius 2 is 2.03 bits per heavy atom. The van der Waals surface area contributed by atoms with Gasteiger partial charge in [0.25, 0.3) is 0 Å². The number of amides is 1. The predicted octanol–water partition coefficient (Wildman–Crippen LogP) is 4.08. The van der Waals surface area contributed by atoms with Gasteiger partial charge in [0, 0.05) is 29.6 Å². The SMILES string of the molecule is CC1CN(C(=O)C2CCc3c(sc4ncnc(Nc5ccc6[nH]c(=O)sc6c5)c34)C2)CC(C)O1. The summed E-state index contributed by atoms with van der Waals surface area (Å²) < 4.78 is 6.71. The van der Waals surface area contributed by atoms with Crippen LogP contribution in [0.25, 0.3) is 20.4 Å². The summed E-state index contributed by atoms with van der Waals surface area (Å²) in [6.45, 7) is 5.39. The van der Waals surface area contributed by atoms with E-state index in [1.54, 1.807) is 17.7 Å². The number of thiazole rings is 1. The number of fused-ring (bicyclic) bond motifs is 4. The van der Waals surface area contributed by atoms with Gasteiger partial charge in [0.1, 0.15) is 17.0 Å². The maximum atomic E-state index is 13.3. The largest absolute Gasteiger partial charge is 0.372 e. The Hall–Kier alpha value is -2.82. The van der Waals surface area contributed by atoms with E-state index in [0.29, 0.717) is 13.1 Å². The van der Waals surface area contributed by atoms with E-state index in [9.17, 15) is 9.59 Å². The monoisotopic (exact) mass is 495 g/mol. The quantitative estimate of drug-likeness (QED) is 0.444. The Balaban J connectivity index is 1.28. The number of nitrogens with one attached hydrogen (secondary N) is 2. The number of morpholine rings is 1. The smallest absolute Gasteiger partial charge is 0.305 e.